The number of carbonyl (C=O) groups excluding carboxylic acids is 1. The summed E-state index contributed by atoms with van der Waals surface area (Å²) in [7, 11) is 0. The van der Waals surface area contributed by atoms with E-state index in [1.165, 1.54) is 18.3 Å². The third-order valence-corrected chi connectivity index (χ3v) is 6.73. The highest BCUT2D eigenvalue weighted by Gasteiger charge is 2.38. The van der Waals surface area contributed by atoms with Crippen molar-refractivity contribution in [1.29, 1.82) is 0 Å². The van der Waals surface area contributed by atoms with Gasteiger partial charge in [0.15, 0.2) is 5.82 Å². The maximum Gasteiger partial charge on any atom is 0.247 e. The summed E-state index contributed by atoms with van der Waals surface area (Å²) in [6.07, 6.45) is 6.03. The summed E-state index contributed by atoms with van der Waals surface area (Å²) in [6.45, 7) is 0.671. The number of aromatic amines is 1. The lowest BCUT2D eigenvalue weighted by atomic mass is 10.2. The molecule has 1 saturated heterocycles. The average Bonchev–Trinajstić information content (AvgIpc) is 3.29. The molecule has 3 aliphatic rings. The molecule has 4 N–H and O–H groups in total. The molecule has 11 heteroatoms. The van der Waals surface area contributed by atoms with Gasteiger partial charge in [-0.3, -0.25) is 9.89 Å². The van der Waals surface area contributed by atoms with E-state index in [1.54, 1.807) is 0 Å². The lowest BCUT2D eigenvalue weighted by Crippen LogP contribution is -2.40. The van der Waals surface area contributed by atoms with Crippen LogP contribution in [0.4, 0.5) is 27.7 Å². The molecule has 34 heavy (non-hydrogen) atoms. The fourth-order valence-electron chi connectivity index (χ4n) is 4.83. The van der Waals surface area contributed by atoms with Crippen LogP contribution >= 0.6 is 0 Å². The highest BCUT2D eigenvalue weighted by Crippen LogP contribution is 2.40. The monoisotopic (exact) mass is 464 g/mol. The molecule has 3 aromatic rings. The lowest BCUT2D eigenvalue weighted by Gasteiger charge is -2.25. The second kappa shape index (κ2) is 8.32. The van der Waals surface area contributed by atoms with Gasteiger partial charge in [0.2, 0.25) is 17.8 Å². The van der Waals surface area contributed by atoms with Crippen molar-refractivity contribution in [1.82, 2.24) is 25.1 Å². The van der Waals surface area contributed by atoms with Crippen LogP contribution in [0, 0.1) is 5.95 Å². The van der Waals surface area contributed by atoms with Gasteiger partial charge in [-0.25, -0.2) is 9.97 Å². The number of nitrogens with one attached hydrogen (secondary N) is 3. The molecule has 2 fully saturated rings. The summed E-state index contributed by atoms with van der Waals surface area (Å²) in [5, 5.41) is 23.2. The quantitative estimate of drug-likeness (QED) is 0.409. The van der Waals surface area contributed by atoms with E-state index >= 15 is 0 Å². The van der Waals surface area contributed by atoms with Gasteiger partial charge in [0.25, 0.3) is 0 Å². The molecule has 0 bridgehead atoms. The summed E-state index contributed by atoms with van der Waals surface area (Å²) in [5.41, 5.74) is 3.44. The standard InChI is InChI=1S/C23H25FN8O2/c24-19-7-6-12(11-25-19)26-22(34)17-5-2-8-32(17)23-27-15-4-1-3-13(15)21(29-23)28-20-10-16(30-31-20)14-9-18(14)33/h6-7,10-11,14,17-18,33H,1-5,8-9H2,(H,26,34)(H2,27,28,29,30,31)/t14-,17+,18?/m0/s1. The third kappa shape index (κ3) is 3.96. The molecule has 0 radical (unpaired) electrons. The van der Waals surface area contributed by atoms with Crippen molar-refractivity contribution in [2.45, 2.75) is 56.6 Å². The van der Waals surface area contributed by atoms with Crippen LogP contribution in [0.2, 0.25) is 0 Å². The van der Waals surface area contributed by atoms with Gasteiger partial charge in [-0.1, -0.05) is 0 Å². The zero-order valence-electron chi connectivity index (χ0n) is 18.5. The molecule has 3 atom stereocenters. The Balaban J connectivity index is 1.24. The predicted octanol–water partition coefficient (Wildman–Crippen LogP) is 2.42. The number of pyridine rings is 1. The van der Waals surface area contributed by atoms with Crippen LogP contribution in [0.25, 0.3) is 0 Å². The fourth-order valence-corrected chi connectivity index (χ4v) is 4.83. The van der Waals surface area contributed by atoms with E-state index in [4.69, 9.17) is 9.97 Å². The fraction of sp³-hybridized carbons (Fsp3) is 0.435. The number of H-pyrrole nitrogens is 1. The van der Waals surface area contributed by atoms with Crippen LogP contribution in [-0.2, 0) is 17.6 Å². The second-order valence-electron chi connectivity index (χ2n) is 9.10. The summed E-state index contributed by atoms with van der Waals surface area (Å²) >= 11 is 0. The SMILES string of the molecule is O=C(Nc1ccc(F)nc1)[C@H]1CCCN1c1nc2c(c(Nc3cc([C@@H]4CC4O)[nH]n3)n1)CCC2. The van der Waals surface area contributed by atoms with Gasteiger partial charge >= 0.3 is 0 Å². The number of aryl methyl sites for hydroxylation is 1. The van der Waals surface area contributed by atoms with Gasteiger partial charge < -0.3 is 20.6 Å². The molecule has 0 spiro atoms. The molecule has 4 heterocycles. The van der Waals surface area contributed by atoms with Crippen molar-refractivity contribution in [3.05, 3.63) is 47.3 Å². The van der Waals surface area contributed by atoms with Crippen molar-refractivity contribution in [2.24, 2.45) is 0 Å². The molecule has 176 valence electrons. The summed E-state index contributed by atoms with van der Waals surface area (Å²) in [4.78, 5) is 28.2. The molecule has 1 unspecified atom stereocenters. The van der Waals surface area contributed by atoms with Gasteiger partial charge in [-0.05, 0) is 50.7 Å². The molecule has 0 aromatic carbocycles. The Morgan fingerprint density at radius 1 is 1.24 bits per heavy atom. The minimum Gasteiger partial charge on any atom is -0.392 e. The van der Waals surface area contributed by atoms with E-state index in [0.717, 1.165) is 49.1 Å². The van der Waals surface area contributed by atoms with Gasteiger partial charge in [0, 0.05) is 29.8 Å². The Bertz CT molecular complexity index is 1230. The van der Waals surface area contributed by atoms with E-state index < -0.39 is 12.0 Å². The van der Waals surface area contributed by atoms with Crippen LogP contribution < -0.4 is 15.5 Å². The Kier molecular flexibility index (Phi) is 5.13. The first-order chi connectivity index (χ1) is 16.5. The van der Waals surface area contributed by atoms with Crippen molar-refractivity contribution in [3.63, 3.8) is 0 Å². The third-order valence-electron chi connectivity index (χ3n) is 6.73. The first-order valence-electron chi connectivity index (χ1n) is 11.6. The van der Waals surface area contributed by atoms with E-state index in [0.29, 0.717) is 36.2 Å². The molecule has 3 aromatic heterocycles. The molecule has 6 rings (SSSR count). The number of fused-ring (bicyclic) bond motifs is 1. The largest absolute Gasteiger partial charge is 0.392 e. The van der Waals surface area contributed by atoms with Gasteiger partial charge in [0.1, 0.15) is 11.9 Å². The maximum absolute atomic E-state index is 13.1. The average molecular weight is 465 g/mol. The number of nitrogens with zero attached hydrogens (tertiary/aromatic N) is 5. The minimum atomic E-state index is -0.593. The van der Waals surface area contributed by atoms with Gasteiger partial charge in [0.05, 0.1) is 23.7 Å². The molecular formula is C23H25FN8O2. The van der Waals surface area contributed by atoms with E-state index in [2.05, 4.69) is 25.8 Å². The summed E-state index contributed by atoms with van der Waals surface area (Å²) in [5.74, 6) is 1.21. The topological polar surface area (TPSA) is 132 Å². The highest BCUT2D eigenvalue weighted by atomic mass is 19.1. The number of rotatable bonds is 6. The number of amides is 1. The van der Waals surface area contributed by atoms with Crippen molar-refractivity contribution >= 4 is 29.2 Å². The predicted molar refractivity (Wildman–Crippen MR) is 122 cm³/mol. The number of aliphatic hydroxyl groups excluding tert-OH is 1. The highest BCUT2D eigenvalue weighted by molar-refractivity contribution is 5.96. The zero-order chi connectivity index (χ0) is 23.2. The smallest absolute Gasteiger partial charge is 0.247 e. The van der Waals surface area contributed by atoms with Gasteiger partial charge in [-0.2, -0.15) is 14.5 Å². The van der Waals surface area contributed by atoms with Crippen LogP contribution in [0.3, 0.4) is 0 Å². The minimum absolute atomic E-state index is 0.120. The Hall–Kier alpha value is -3.60. The molecule has 10 nitrogen and oxygen atoms in total. The zero-order valence-corrected chi connectivity index (χ0v) is 18.5. The summed E-state index contributed by atoms with van der Waals surface area (Å²) < 4.78 is 13.1. The maximum atomic E-state index is 13.1. The van der Waals surface area contributed by atoms with Crippen molar-refractivity contribution in [3.8, 4) is 0 Å². The van der Waals surface area contributed by atoms with Crippen LogP contribution in [0.5, 0.6) is 0 Å². The number of anilines is 4. The molecule has 1 saturated carbocycles. The Morgan fingerprint density at radius 2 is 2.12 bits per heavy atom. The first kappa shape index (κ1) is 21.0. The molecular weight excluding hydrogens is 439 g/mol. The number of hydrogen-bond donors (Lipinski definition) is 4. The van der Waals surface area contributed by atoms with Crippen LogP contribution in [0.15, 0.2) is 24.4 Å². The summed E-state index contributed by atoms with van der Waals surface area (Å²) in [6, 6.07) is 4.19. The first-order valence-corrected chi connectivity index (χ1v) is 11.6. The van der Waals surface area contributed by atoms with Gasteiger partial charge in [-0.15, -0.1) is 0 Å². The molecule has 1 amide bonds. The van der Waals surface area contributed by atoms with Crippen LogP contribution in [-0.4, -0.2) is 54.9 Å². The number of aromatic nitrogens is 5. The number of carbonyl (C=O) groups is 1. The van der Waals surface area contributed by atoms with E-state index in [-0.39, 0.29) is 17.9 Å². The second-order valence-corrected chi connectivity index (χ2v) is 9.10. The Labute approximate surface area is 195 Å². The van der Waals surface area contributed by atoms with E-state index in [9.17, 15) is 14.3 Å². The number of hydrogen-bond acceptors (Lipinski definition) is 8. The Morgan fingerprint density at radius 3 is 2.91 bits per heavy atom. The molecule has 1 aliphatic heterocycles. The molecule has 2 aliphatic carbocycles. The number of aliphatic hydroxyl groups is 1. The lowest BCUT2D eigenvalue weighted by molar-refractivity contribution is -0.117. The van der Waals surface area contributed by atoms with Crippen molar-refractivity contribution < 1.29 is 14.3 Å². The number of halogens is 1. The normalized spacial score (nSPS) is 23.1. The van der Waals surface area contributed by atoms with Crippen LogP contribution in [0.1, 0.15) is 48.6 Å². The van der Waals surface area contributed by atoms with Crippen molar-refractivity contribution in [2.75, 3.05) is 22.1 Å². The van der Waals surface area contributed by atoms with E-state index in [1.807, 2.05) is 11.0 Å².